The van der Waals surface area contributed by atoms with Crippen LogP contribution in [0.2, 0.25) is 0 Å². The van der Waals surface area contributed by atoms with Crippen LogP contribution in [0, 0.1) is 0 Å². The smallest absolute Gasteiger partial charge is 0.202 e. The predicted octanol–water partition coefficient (Wildman–Crippen LogP) is 6.82. The molecule has 1 heterocycles. The third-order valence-corrected chi connectivity index (χ3v) is 6.24. The van der Waals surface area contributed by atoms with Crippen molar-refractivity contribution < 1.29 is 9.53 Å². The maximum atomic E-state index is 12.1. The number of rotatable bonds is 4. The van der Waals surface area contributed by atoms with Gasteiger partial charge >= 0.3 is 0 Å². The zero-order valence-electron chi connectivity index (χ0n) is 9.55. The SMILES string of the molecule is O=C(COc1c(Br)cc(Br)cc1Br)c1cc(Br)sc1Br. The summed E-state index contributed by atoms with van der Waals surface area (Å²) in [5.41, 5.74) is 0.617. The second kappa shape index (κ2) is 7.37. The van der Waals surface area contributed by atoms with Crippen molar-refractivity contribution in [1.29, 1.82) is 0 Å². The van der Waals surface area contributed by atoms with Crippen molar-refractivity contribution in [2.45, 2.75) is 0 Å². The van der Waals surface area contributed by atoms with Crippen molar-refractivity contribution in [2.24, 2.45) is 0 Å². The fourth-order valence-electron chi connectivity index (χ4n) is 1.41. The highest BCUT2D eigenvalue weighted by Crippen LogP contribution is 2.37. The van der Waals surface area contributed by atoms with Crippen LogP contribution in [0.5, 0.6) is 5.75 Å². The second-order valence-electron chi connectivity index (χ2n) is 3.65. The Hall–Kier alpha value is 0.790. The van der Waals surface area contributed by atoms with Crippen molar-refractivity contribution in [3.8, 4) is 5.75 Å². The number of carbonyl (C=O) groups is 1. The van der Waals surface area contributed by atoms with E-state index in [2.05, 4.69) is 79.6 Å². The molecule has 106 valence electrons. The summed E-state index contributed by atoms with van der Waals surface area (Å²) < 4.78 is 9.77. The van der Waals surface area contributed by atoms with Gasteiger partial charge in [-0.1, -0.05) is 15.9 Å². The van der Waals surface area contributed by atoms with Gasteiger partial charge in [0.2, 0.25) is 5.78 Å². The van der Waals surface area contributed by atoms with Crippen LogP contribution < -0.4 is 4.74 Å². The molecule has 20 heavy (non-hydrogen) atoms. The first-order valence-electron chi connectivity index (χ1n) is 5.14. The van der Waals surface area contributed by atoms with Gasteiger partial charge in [0.05, 0.1) is 16.5 Å². The maximum absolute atomic E-state index is 12.1. The van der Waals surface area contributed by atoms with E-state index in [0.29, 0.717) is 11.3 Å². The lowest BCUT2D eigenvalue weighted by atomic mass is 10.2. The molecule has 0 aliphatic rings. The Kier molecular flexibility index (Phi) is 6.32. The lowest BCUT2D eigenvalue weighted by Crippen LogP contribution is -2.11. The number of ketones is 1. The first-order chi connectivity index (χ1) is 9.38. The van der Waals surface area contributed by atoms with E-state index in [1.54, 1.807) is 6.07 Å². The molecular weight excluding hydrogens is 608 g/mol. The molecule has 0 aliphatic carbocycles. The molecule has 0 saturated heterocycles. The number of Topliss-reactive ketones (excluding diaryl/α,β-unsaturated/α-hetero) is 1. The van der Waals surface area contributed by atoms with Crippen LogP contribution >= 0.6 is 91.0 Å². The van der Waals surface area contributed by atoms with Crippen molar-refractivity contribution in [3.63, 3.8) is 0 Å². The molecule has 2 aromatic rings. The molecule has 0 fully saturated rings. The summed E-state index contributed by atoms with van der Waals surface area (Å²) in [5, 5.41) is 0. The number of carbonyl (C=O) groups excluding carboxylic acids is 1. The summed E-state index contributed by atoms with van der Waals surface area (Å²) in [5.74, 6) is 0.521. The predicted molar refractivity (Wildman–Crippen MR) is 99.1 cm³/mol. The van der Waals surface area contributed by atoms with Gasteiger partial charge in [0.15, 0.2) is 6.61 Å². The highest BCUT2D eigenvalue weighted by Gasteiger charge is 2.16. The minimum atomic E-state index is -0.0828. The zero-order chi connectivity index (χ0) is 14.9. The summed E-state index contributed by atoms with van der Waals surface area (Å²) in [6.45, 7) is -0.0272. The molecule has 0 bridgehead atoms. The largest absolute Gasteiger partial charge is 0.483 e. The molecule has 0 amide bonds. The molecule has 8 heteroatoms. The average Bonchev–Trinajstić information content (AvgIpc) is 2.66. The average molecular weight is 613 g/mol. The number of hydrogen-bond acceptors (Lipinski definition) is 3. The molecule has 0 spiro atoms. The second-order valence-corrected chi connectivity index (χ2v) is 10.0. The van der Waals surface area contributed by atoms with Crippen LogP contribution in [-0.4, -0.2) is 12.4 Å². The Morgan fingerprint density at radius 2 is 1.65 bits per heavy atom. The molecular formula is C12H5Br5O2S. The number of ether oxygens (including phenoxy) is 1. The van der Waals surface area contributed by atoms with Gasteiger partial charge in [-0.3, -0.25) is 4.79 Å². The van der Waals surface area contributed by atoms with Crippen LogP contribution in [0.1, 0.15) is 10.4 Å². The monoisotopic (exact) mass is 608 g/mol. The van der Waals surface area contributed by atoms with Crippen LogP contribution in [0.4, 0.5) is 0 Å². The minimum Gasteiger partial charge on any atom is -0.483 e. The van der Waals surface area contributed by atoms with E-state index in [0.717, 1.165) is 21.0 Å². The third-order valence-electron chi connectivity index (χ3n) is 2.27. The van der Waals surface area contributed by atoms with E-state index >= 15 is 0 Å². The van der Waals surface area contributed by atoms with E-state index in [1.165, 1.54) is 11.3 Å². The molecule has 2 nitrogen and oxygen atoms in total. The molecule has 1 aromatic carbocycles. The molecule has 2 rings (SSSR count). The summed E-state index contributed by atoms with van der Waals surface area (Å²) in [7, 11) is 0. The van der Waals surface area contributed by atoms with Crippen LogP contribution in [-0.2, 0) is 0 Å². The fraction of sp³-hybridized carbons (Fsp3) is 0.0833. The Morgan fingerprint density at radius 1 is 1.05 bits per heavy atom. The topological polar surface area (TPSA) is 26.3 Å². The van der Waals surface area contributed by atoms with Gasteiger partial charge in [0.25, 0.3) is 0 Å². The number of hydrogen-bond donors (Lipinski definition) is 0. The Morgan fingerprint density at radius 3 is 2.15 bits per heavy atom. The van der Waals surface area contributed by atoms with Gasteiger partial charge < -0.3 is 4.74 Å². The highest BCUT2D eigenvalue weighted by atomic mass is 79.9. The molecule has 0 aliphatic heterocycles. The first kappa shape index (κ1) is 17.1. The van der Waals surface area contributed by atoms with Crippen LogP contribution in [0.25, 0.3) is 0 Å². The quantitative estimate of drug-likeness (QED) is 0.354. The maximum Gasteiger partial charge on any atom is 0.202 e. The molecule has 0 atom stereocenters. The third kappa shape index (κ3) is 4.16. The summed E-state index contributed by atoms with van der Waals surface area (Å²) in [6, 6.07) is 5.51. The molecule has 0 saturated carbocycles. The van der Waals surface area contributed by atoms with Gasteiger partial charge in [-0.2, -0.15) is 0 Å². The lowest BCUT2D eigenvalue weighted by Gasteiger charge is -2.10. The van der Waals surface area contributed by atoms with Crippen molar-refractivity contribution >= 4 is 96.8 Å². The van der Waals surface area contributed by atoms with E-state index in [1.807, 2.05) is 12.1 Å². The van der Waals surface area contributed by atoms with Gasteiger partial charge in [-0.05, 0) is 81.9 Å². The number of thiophene rings is 1. The zero-order valence-corrected chi connectivity index (χ0v) is 18.3. The summed E-state index contributed by atoms with van der Waals surface area (Å²) in [4.78, 5) is 12.1. The first-order valence-corrected chi connectivity index (χ1v) is 9.92. The van der Waals surface area contributed by atoms with Crippen molar-refractivity contribution in [2.75, 3.05) is 6.61 Å². The van der Waals surface area contributed by atoms with Gasteiger partial charge in [-0.25, -0.2) is 0 Å². The van der Waals surface area contributed by atoms with E-state index in [-0.39, 0.29) is 12.4 Å². The fourth-order valence-corrected chi connectivity index (χ4v) is 6.76. The van der Waals surface area contributed by atoms with E-state index in [9.17, 15) is 4.79 Å². The molecule has 0 radical (unpaired) electrons. The standard InChI is InChI=1S/C12H5Br5O2S/c13-5-1-7(14)11(8(15)2-5)19-4-9(18)6-3-10(16)20-12(6)17/h1-3H,4H2. The molecule has 0 unspecified atom stereocenters. The van der Waals surface area contributed by atoms with E-state index < -0.39 is 0 Å². The van der Waals surface area contributed by atoms with Crippen LogP contribution in [0.15, 0.2) is 39.2 Å². The Balaban J connectivity index is 2.13. The van der Waals surface area contributed by atoms with Gasteiger partial charge in [0, 0.05) is 10.0 Å². The van der Waals surface area contributed by atoms with Gasteiger partial charge in [-0.15, -0.1) is 11.3 Å². The number of halogens is 5. The minimum absolute atomic E-state index is 0.0272. The number of benzene rings is 1. The Labute approximate surface area is 161 Å². The summed E-state index contributed by atoms with van der Waals surface area (Å²) >= 11 is 18.4. The Bertz CT molecular complexity index is 645. The van der Waals surface area contributed by atoms with Gasteiger partial charge in [0.1, 0.15) is 5.75 Å². The molecule has 1 aromatic heterocycles. The van der Waals surface area contributed by atoms with Crippen LogP contribution in [0.3, 0.4) is 0 Å². The highest BCUT2D eigenvalue weighted by molar-refractivity contribution is 9.12. The normalized spacial score (nSPS) is 10.7. The van der Waals surface area contributed by atoms with Crippen molar-refractivity contribution in [3.05, 3.63) is 44.8 Å². The lowest BCUT2D eigenvalue weighted by molar-refractivity contribution is 0.0920. The molecule has 0 N–H and O–H groups in total. The summed E-state index contributed by atoms with van der Waals surface area (Å²) in [6.07, 6.45) is 0. The van der Waals surface area contributed by atoms with E-state index in [4.69, 9.17) is 4.74 Å². The van der Waals surface area contributed by atoms with Crippen molar-refractivity contribution in [1.82, 2.24) is 0 Å².